The first-order chi connectivity index (χ1) is 9.45. The molecule has 1 atom stereocenters. The van der Waals surface area contributed by atoms with E-state index in [2.05, 4.69) is 24.5 Å². The van der Waals surface area contributed by atoms with E-state index in [1.165, 1.54) is 12.7 Å². The Bertz CT molecular complexity index is 407. The molecular weight excluding hydrogens is 256 g/mol. The maximum atomic E-state index is 11.7. The molecule has 0 aromatic heterocycles. The zero-order chi connectivity index (χ0) is 15.0. The first-order valence-electron chi connectivity index (χ1n) is 6.70. The summed E-state index contributed by atoms with van der Waals surface area (Å²) < 4.78 is 4.79. The lowest BCUT2D eigenvalue weighted by molar-refractivity contribution is 0.0659. The molecule has 0 fully saturated rings. The van der Waals surface area contributed by atoms with Crippen molar-refractivity contribution in [3.8, 4) is 0 Å². The number of hydrogen-bond donors (Lipinski definition) is 3. The maximum Gasteiger partial charge on any atom is 0.314 e. The summed E-state index contributed by atoms with van der Waals surface area (Å²) in [6.07, 6.45) is -0.687. The number of methoxy groups -OCH3 is 1. The van der Waals surface area contributed by atoms with Gasteiger partial charge in [-0.2, -0.15) is 0 Å². The SMILES string of the molecule is COCC(O)CNC(=O)NCC(C)(C)c1ccccc1. The van der Waals surface area contributed by atoms with Crippen molar-refractivity contribution in [2.45, 2.75) is 25.4 Å². The highest BCUT2D eigenvalue weighted by molar-refractivity contribution is 5.74. The van der Waals surface area contributed by atoms with E-state index in [1.807, 2.05) is 30.3 Å². The number of rotatable bonds is 7. The van der Waals surface area contributed by atoms with E-state index >= 15 is 0 Å². The second kappa shape index (κ2) is 7.87. The topological polar surface area (TPSA) is 70.6 Å². The van der Waals surface area contributed by atoms with E-state index in [1.54, 1.807) is 0 Å². The Labute approximate surface area is 120 Å². The third-order valence-electron chi connectivity index (χ3n) is 3.10. The van der Waals surface area contributed by atoms with Crippen molar-refractivity contribution in [3.63, 3.8) is 0 Å². The van der Waals surface area contributed by atoms with Crippen molar-refractivity contribution in [2.24, 2.45) is 0 Å². The van der Waals surface area contributed by atoms with Crippen LogP contribution in [-0.4, -0.2) is 44.0 Å². The van der Waals surface area contributed by atoms with Gasteiger partial charge in [0.15, 0.2) is 0 Å². The van der Waals surface area contributed by atoms with Gasteiger partial charge in [-0.25, -0.2) is 4.79 Å². The normalized spacial score (nSPS) is 12.8. The van der Waals surface area contributed by atoms with Crippen LogP contribution in [0, 0.1) is 0 Å². The number of carbonyl (C=O) groups excluding carboxylic acids is 1. The maximum absolute atomic E-state index is 11.7. The van der Waals surface area contributed by atoms with Gasteiger partial charge in [-0.15, -0.1) is 0 Å². The lowest BCUT2D eigenvalue weighted by Crippen LogP contribution is -2.45. The predicted octanol–water partition coefficient (Wildman–Crippen LogP) is 1.27. The van der Waals surface area contributed by atoms with E-state index in [4.69, 9.17) is 4.74 Å². The summed E-state index contributed by atoms with van der Waals surface area (Å²) in [6, 6.07) is 9.74. The number of aliphatic hydroxyl groups is 1. The van der Waals surface area contributed by atoms with E-state index < -0.39 is 6.10 Å². The molecule has 112 valence electrons. The average molecular weight is 280 g/mol. The molecule has 5 nitrogen and oxygen atoms in total. The quantitative estimate of drug-likeness (QED) is 0.704. The highest BCUT2D eigenvalue weighted by Crippen LogP contribution is 2.21. The van der Waals surface area contributed by atoms with Crippen LogP contribution in [0.1, 0.15) is 19.4 Å². The minimum absolute atomic E-state index is 0.149. The molecule has 5 heteroatoms. The lowest BCUT2D eigenvalue weighted by Gasteiger charge is -2.25. The molecular formula is C15H24N2O3. The summed E-state index contributed by atoms with van der Waals surface area (Å²) >= 11 is 0. The molecule has 0 radical (unpaired) electrons. The molecule has 1 unspecified atom stereocenters. The molecule has 1 aromatic rings. The van der Waals surface area contributed by atoms with Gasteiger partial charge in [0, 0.05) is 25.6 Å². The van der Waals surface area contributed by atoms with Crippen molar-refractivity contribution >= 4 is 6.03 Å². The monoisotopic (exact) mass is 280 g/mol. The van der Waals surface area contributed by atoms with E-state index in [-0.39, 0.29) is 24.6 Å². The second-order valence-electron chi connectivity index (χ2n) is 5.42. The Morgan fingerprint density at radius 3 is 2.55 bits per heavy atom. The number of benzene rings is 1. The number of hydrogen-bond acceptors (Lipinski definition) is 3. The van der Waals surface area contributed by atoms with Crippen LogP contribution in [0.3, 0.4) is 0 Å². The van der Waals surface area contributed by atoms with Crippen LogP contribution in [-0.2, 0) is 10.2 Å². The second-order valence-corrected chi connectivity index (χ2v) is 5.42. The Morgan fingerprint density at radius 2 is 1.95 bits per heavy atom. The molecule has 0 saturated heterocycles. The molecule has 0 aliphatic heterocycles. The van der Waals surface area contributed by atoms with Crippen molar-refractivity contribution in [3.05, 3.63) is 35.9 Å². The molecule has 3 N–H and O–H groups in total. The largest absolute Gasteiger partial charge is 0.389 e. The zero-order valence-corrected chi connectivity index (χ0v) is 12.3. The summed E-state index contributed by atoms with van der Waals surface area (Å²) in [4.78, 5) is 11.7. The third-order valence-corrected chi connectivity index (χ3v) is 3.10. The minimum Gasteiger partial charge on any atom is -0.389 e. The Kier molecular flexibility index (Phi) is 6.48. The Balaban J connectivity index is 2.37. The van der Waals surface area contributed by atoms with Gasteiger partial charge in [0.25, 0.3) is 0 Å². The van der Waals surface area contributed by atoms with Crippen molar-refractivity contribution in [1.29, 1.82) is 0 Å². The van der Waals surface area contributed by atoms with Gasteiger partial charge < -0.3 is 20.5 Å². The summed E-state index contributed by atoms with van der Waals surface area (Å²) in [6.45, 7) is 5.04. The molecule has 0 aliphatic rings. The molecule has 20 heavy (non-hydrogen) atoms. The minimum atomic E-state index is -0.687. The molecule has 2 amide bonds. The molecule has 0 heterocycles. The summed E-state index contributed by atoms with van der Waals surface area (Å²) in [7, 11) is 1.51. The summed E-state index contributed by atoms with van der Waals surface area (Å²) in [5.41, 5.74) is 1.02. The average Bonchev–Trinajstić information content (AvgIpc) is 2.44. The smallest absolute Gasteiger partial charge is 0.314 e. The predicted molar refractivity (Wildman–Crippen MR) is 78.8 cm³/mol. The number of aliphatic hydroxyl groups excluding tert-OH is 1. The highest BCUT2D eigenvalue weighted by Gasteiger charge is 2.21. The van der Waals surface area contributed by atoms with E-state index in [0.717, 1.165) is 0 Å². The van der Waals surface area contributed by atoms with Gasteiger partial charge in [-0.3, -0.25) is 0 Å². The van der Waals surface area contributed by atoms with Gasteiger partial charge in [0.2, 0.25) is 0 Å². The van der Waals surface area contributed by atoms with Crippen molar-refractivity contribution < 1.29 is 14.6 Å². The molecule has 0 bridgehead atoms. The lowest BCUT2D eigenvalue weighted by atomic mass is 9.85. The molecule has 0 spiro atoms. The first-order valence-corrected chi connectivity index (χ1v) is 6.70. The van der Waals surface area contributed by atoms with Crippen molar-refractivity contribution in [1.82, 2.24) is 10.6 Å². The van der Waals surface area contributed by atoms with Crippen LogP contribution in [0.5, 0.6) is 0 Å². The van der Waals surface area contributed by atoms with Crippen LogP contribution in [0.2, 0.25) is 0 Å². The van der Waals surface area contributed by atoms with Crippen LogP contribution in [0.4, 0.5) is 4.79 Å². The highest BCUT2D eigenvalue weighted by atomic mass is 16.5. The van der Waals surface area contributed by atoms with Crippen molar-refractivity contribution in [2.75, 3.05) is 26.8 Å². The third kappa shape index (κ3) is 5.59. The fourth-order valence-corrected chi connectivity index (χ4v) is 1.82. The Morgan fingerprint density at radius 1 is 1.30 bits per heavy atom. The molecule has 1 rings (SSSR count). The van der Waals surface area contributed by atoms with Gasteiger partial charge in [-0.05, 0) is 5.56 Å². The van der Waals surface area contributed by atoms with E-state index in [9.17, 15) is 9.90 Å². The fourth-order valence-electron chi connectivity index (χ4n) is 1.82. The fraction of sp³-hybridized carbons (Fsp3) is 0.533. The summed E-state index contributed by atoms with van der Waals surface area (Å²) in [5, 5.41) is 14.9. The van der Waals surface area contributed by atoms with Crippen LogP contribution in [0.25, 0.3) is 0 Å². The van der Waals surface area contributed by atoms with E-state index in [0.29, 0.717) is 6.54 Å². The molecule has 0 aliphatic carbocycles. The van der Waals surface area contributed by atoms with Gasteiger partial charge in [-0.1, -0.05) is 44.2 Å². The molecule has 1 aromatic carbocycles. The number of urea groups is 1. The Hall–Kier alpha value is -1.59. The van der Waals surface area contributed by atoms with Gasteiger partial charge >= 0.3 is 6.03 Å². The first kappa shape index (κ1) is 16.5. The number of amides is 2. The van der Waals surface area contributed by atoms with Crippen LogP contribution >= 0.6 is 0 Å². The zero-order valence-electron chi connectivity index (χ0n) is 12.3. The van der Waals surface area contributed by atoms with Crippen LogP contribution in [0.15, 0.2) is 30.3 Å². The standard InChI is InChI=1S/C15H24N2O3/c1-15(2,12-7-5-4-6-8-12)11-17-14(19)16-9-13(18)10-20-3/h4-8,13,18H,9-11H2,1-3H3,(H2,16,17,19). The number of nitrogens with one attached hydrogen (secondary N) is 2. The van der Waals surface area contributed by atoms with Gasteiger partial charge in [0.1, 0.15) is 0 Å². The van der Waals surface area contributed by atoms with Crippen LogP contribution < -0.4 is 10.6 Å². The molecule has 0 saturated carbocycles. The number of ether oxygens (including phenoxy) is 1. The van der Waals surface area contributed by atoms with Gasteiger partial charge in [0.05, 0.1) is 12.7 Å². The number of carbonyl (C=O) groups is 1. The summed E-state index contributed by atoms with van der Waals surface area (Å²) in [5.74, 6) is 0.